The number of sulfonamides is 1. The van der Waals surface area contributed by atoms with Gasteiger partial charge >= 0.3 is 0 Å². The average Bonchev–Trinajstić information content (AvgIpc) is 2.59. The molecule has 1 unspecified atom stereocenters. The van der Waals surface area contributed by atoms with Crippen LogP contribution in [-0.4, -0.2) is 27.0 Å². The molecule has 27 heavy (non-hydrogen) atoms. The second-order valence-electron chi connectivity index (χ2n) is 5.49. The number of carbonyl (C=O) groups excluding carboxylic acids is 1. The predicted molar refractivity (Wildman–Crippen MR) is 97.4 cm³/mol. The topological polar surface area (TPSA) is 84.5 Å². The van der Waals surface area contributed by atoms with E-state index < -0.39 is 33.6 Å². The van der Waals surface area contributed by atoms with Crippen LogP contribution in [0.15, 0.2) is 41.3 Å². The molecule has 0 bridgehead atoms. The lowest BCUT2D eigenvalue weighted by Gasteiger charge is -2.15. The van der Waals surface area contributed by atoms with Crippen molar-refractivity contribution in [2.75, 3.05) is 11.9 Å². The fraction of sp³-hybridized carbons (Fsp3) is 0.235. The fourth-order valence-corrected chi connectivity index (χ4v) is 3.63. The molecule has 2 aromatic carbocycles. The molecule has 0 spiro atoms. The zero-order valence-corrected chi connectivity index (χ0v) is 16.0. The molecule has 146 valence electrons. The summed E-state index contributed by atoms with van der Waals surface area (Å²) in [6, 6.07) is 5.51. The minimum Gasteiger partial charge on any atom is -0.492 e. The maximum absolute atomic E-state index is 13.2. The van der Waals surface area contributed by atoms with Crippen LogP contribution in [0.3, 0.4) is 0 Å². The lowest BCUT2D eigenvalue weighted by molar-refractivity contribution is -0.117. The molecule has 0 aliphatic carbocycles. The minimum absolute atomic E-state index is 0.00550. The van der Waals surface area contributed by atoms with Gasteiger partial charge in [-0.15, -0.1) is 0 Å². The summed E-state index contributed by atoms with van der Waals surface area (Å²) < 4.78 is 58.4. The van der Waals surface area contributed by atoms with Crippen LogP contribution in [0.25, 0.3) is 0 Å². The number of halogens is 3. The number of hydrogen-bond acceptors (Lipinski definition) is 4. The summed E-state index contributed by atoms with van der Waals surface area (Å²) >= 11 is 5.99. The molecule has 0 radical (unpaired) electrons. The Hall–Kier alpha value is -2.23. The van der Waals surface area contributed by atoms with Crippen molar-refractivity contribution in [3.63, 3.8) is 0 Å². The Kier molecular flexibility index (Phi) is 6.74. The second-order valence-corrected chi connectivity index (χ2v) is 7.61. The summed E-state index contributed by atoms with van der Waals surface area (Å²) in [6.45, 7) is 3.43. The van der Waals surface area contributed by atoms with Crippen LogP contribution in [0.1, 0.15) is 13.8 Å². The molecule has 0 aliphatic heterocycles. The number of rotatable bonds is 7. The first kappa shape index (κ1) is 21.1. The summed E-state index contributed by atoms with van der Waals surface area (Å²) in [5.41, 5.74) is -0.00550. The molecule has 2 aromatic rings. The molecule has 0 aromatic heterocycles. The van der Waals surface area contributed by atoms with Gasteiger partial charge in [-0.3, -0.25) is 4.79 Å². The molecule has 6 nitrogen and oxygen atoms in total. The first-order valence-corrected chi connectivity index (χ1v) is 9.70. The molecule has 0 fully saturated rings. The molecule has 1 atom stereocenters. The molecule has 0 heterocycles. The summed E-state index contributed by atoms with van der Waals surface area (Å²) in [4.78, 5) is 12.0. The van der Waals surface area contributed by atoms with E-state index in [-0.39, 0.29) is 15.6 Å². The number of nitrogens with one attached hydrogen (secondary N) is 2. The van der Waals surface area contributed by atoms with Crippen molar-refractivity contribution < 1.29 is 26.7 Å². The summed E-state index contributed by atoms with van der Waals surface area (Å²) in [7, 11) is -4.05. The Bertz CT molecular complexity index is 954. The van der Waals surface area contributed by atoms with E-state index in [1.54, 1.807) is 6.92 Å². The smallest absolute Gasteiger partial charge is 0.242 e. The Morgan fingerprint density at radius 2 is 1.89 bits per heavy atom. The van der Waals surface area contributed by atoms with Crippen LogP contribution >= 0.6 is 11.6 Å². The van der Waals surface area contributed by atoms with Gasteiger partial charge in [0.15, 0.2) is 11.6 Å². The molecule has 2 rings (SSSR count). The van der Waals surface area contributed by atoms with Crippen LogP contribution in [0.4, 0.5) is 14.5 Å². The molecule has 1 amide bonds. The first-order chi connectivity index (χ1) is 12.6. The fourth-order valence-electron chi connectivity index (χ4n) is 2.10. The highest BCUT2D eigenvalue weighted by atomic mass is 35.5. The average molecular weight is 419 g/mol. The normalized spacial score (nSPS) is 12.5. The lowest BCUT2D eigenvalue weighted by Crippen LogP contribution is -2.41. The highest BCUT2D eigenvalue weighted by Gasteiger charge is 2.23. The molecule has 0 aliphatic rings. The van der Waals surface area contributed by atoms with Gasteiger partial charge in [0.25, 0.3) is 0 Å². The van der Waals surface area contributed by atoms with Gasteiger partial charge in [-0.1, -0.05) is 11.6 Å². The maximum Gasteiger partial charge on any atom is 0.242 e. The standard InChI is InChI=1S/C17H17ClF2N2O4S/c1-3-26-16-7-5-12(9-13(16)18)27(24,25)22-10(2)17(23)21-11-4-6-14(19)15(20)8-11/h4-10,22H,3H2,1-2H3,(H,21,23). The Balaban J connectivity index is 2.10. The summed E-state index contributed by atoms with van der Waals surface area (Å²) in [5, 5.41) is 2.41. The van der Waals surface area contributed by atoms with Crippen LogP contribution in [0.5, 0.6) is 5.75 Å². The van der Waals surface area contributed by atoms with Gasteiger partial charge in [0, 0.05) is 11.8 Å². The SMILES string of the molecule is CCOc1ccc(S(=O)(=O)NC(C)C(=O)Nc2ccc(F)c(F)c2)cc1Cl. The van der Waals surface area contributed by atoms with Crippen molar-refractivity contribution in [2.24, 2.45) is 0 Å². The van der Waals surface area contributed by atoms with E-state index in [1.807, 2.05) is 0 Å². The van der Waals surface area contributed by atoms with Gasteiger partial charge < -0.3 is 10.1 Å². The van der Waals surface area contributed by atoms with Gasteiger partial charge in [0.1, 0.15) is 5.75 Å². The maximum atomic E-state index is 13.2. The zero-order valence-electron chi connectivity index (χ0n) is 14.4. The number of ether oxygens (including phenoxy) is 1. The van der Waals surface area contributed by atoms with Crippen molar-refractivity contribution in [1.29, 1.82) is 0 Å². The molecule has 0 saturated heterocycles. The molecule has 10 heteroatoms. The van der Waals surface area contributed by atoms with E-state index in [9.17, 15) is 22.0 Å². The Morgan fingerprint density at radius 1 is 1.19 bits per heavy atom. The van der Waals surface area contributed by atoms with Gasteiger partial charge in [-0.25, -0.2) is 17.2 Å². The van der Waals surface area contributed by atoms with Crippen LogP contribution in [-0.2, 0) is 14.8 Å². The van der Waals surface area contributed by atoms with Gasteiger partial charge in [-0.05, 0) is 44.2 Å². The van der Waals surface area contributed by atoms with Gasteiger partial charge in [0.05, 0.1) is 22.6 Å². The third kappa shape index (κ3) is 5.38. The number of anilines is 1. The monoisotopic (exact) mass is 418 g/mol. The number of benzene rings is 2. The third-order valence-electron chi connectivity index (χ3n) is 3.43. The van der Waals surface area contributed by atoms with Crippen molar-refractivity contribution >= 4 is 33.2 Å². The third-order valence-corrected chi connectivity index (χ3v) is 5.26. The predicted octanol–water partition coefficient (Wildman–Crippen LogP) is 3.32. The largest absolute Gasteiger partial charge is 0.492 e. The lowest BCUT2D eigenvalue weighted by atomic mass is 10.2. The van der Waals surface area contributed by atoms with E-state index in [0.29, 0.717) is 12.4 Å². The van der Waals surface area contributed by atoms with E-state index >= 15 is 0 Å². The first-order valence-electron chi connectivity index (χ1n) is 7.84. The Morgan fingerprint density at radius 3 is 2.48 bits per heavy atom. The van der Waals surface area contributed by atoms with Crippen LogP contribution < -0.4 is 14.8 Å². The molecule has 2 N–H and O–H groups in total. The van der Waals surface area contributed by atoms with Crippen LogP contribution in [0, 0.1) is 11.6 Å². The molecule has 0 saturated carbocycles. The van der Waals surface area contributed by atoms with Crippen molar-refractivity contribution in [3.05, 3.63) is 53.1 Å². The number of hydrogen-bond donors (Lipinski definition) is 2. The second kappa shape index (κ2) is 8.64. The summed E-state index contributed by atoms with van der Waals surface area (Å²) in [6.07, 6.45) is 0. The molecular formula is C17H17ClF2N2O4S. The van der Waals surface area contributed by atoms with E-state index in [4.69, 9.17) is 16.3 Å². The van der Waals surface area contributed by atoms with Gasteiger partial charge in [0.2, 0.25) is 15.9 Å². The highest BCUT2D eigenvalue weighted by Crippen LogP contribution is 2.27. The van der Waals surface area contributed by atoms with E-state index in [0.717, 1.165) is 18.2 Å². The Labute approximate surface area is 160 Å². The molecular weight excluding hydrogens is 402 g/mol. The quantitative estimate of drug-likeness (QED) is 0.722. The van der Waals surface area contributed by atoms with Crippen molar-refractivity contribution in [3.8, 4) is 5.75 Å². The highest BCUT2D eigenvalue weighted by molar-refractivity contribution is 7.89. The number of amides is 1. The van der Waals surface area contributed by atoms with E-state index in [2.05, 4.69) is 10.0 Å². The van der Waals surface area contributed by atoms with E-state index in [1.165, 1.54) is 25.1 Å². The summed E-state index contributed by atoms with van der Waals surface area (Å²) in [5.74, 6) is -2.61. The van der Waals surface area contributed by atoms with Crippen molar-refractivity contribution in [1.82, 2.24) is 4.72 Å². The van der Waals surface area contributed by atoms with Crippen molar-refractivity contribution in [2.45, 2.75) is 24.8 Å². The minimum atomic E-state index is -4.05. The van der Waals surface area contributed by atoms with Crippen LogP contribution in [0.2, 0.25) is 5.02 Å². The zero-order chi connectivity index (χ0) is 20.2. The van der Waals surface area contributed by atoms with Gasteiger partial charge in [-0.2, -0.15) is 4.72 Å². The number of carbonyl (C=O) groups is 1.